The van der Waals surface area contributed by atoms with Crippen LogP contribution in [-0.4, -0.2) is 55.4 Å². The van der Waals surface area contributed by atoms with Crippen LogP contribution in [0.5, 0.6) is 0 Å². The summed E-state index contributed by atoms with van der Waals surface area (Å²) in [6.45, 7) is 1.09. The second kappa shape index (κ2) is 5.35. The zero-order chi connectivity index (χ0) is 12.2. The summed E-state index contributed by atoms with van der Waals surface area (Å²) in [5, 5.41) is 38.0. The van der Waals surface area contributed by atoms with Crippen molar-refractivity contribution in [2.45, 2.75) is 19.0 Å². The molecule has 0 fully saturated rings. The van der Waals surface area contributed by atoms with E-state index in [2.05, 4.69) is 15.5 Å². The van der Waals surface area contributed by atoms with Gasteiger partial charge in [0.05, 0.1) is 31.9 Å². The molecule has 16 heavy (non-hydrogen) atoms. The lowest BCUT2D eigenvalue weighted by atomic mass is 10.0. The van der Waals surface area contributed by atoms with Crippen LogP contribution < -0.4 is 5.32 Å². The Morgan fingerprint density at radius 3 is 2.12 bits per heavy atom. The Bertz CT molecular complexity index is 327. The molecular formula is C9H18N4O3. The van der Waals surface area contributed by atoms with E-state index in [4.69, 9.17) is 15.3 Å². The van der Waals surface area contributed by atoms with E-state index in [-0.39, 0.29) is 19.8 Å². The quantitative estimate of drug-likeness (QED) is 0.447. The normalized spacial score (nSPS) is 12.1. The van der Waals surface area contributed by atoms with Gasteiger partial charge in [-0.1, -0.05) is 0 Å². The van der Waals surface area contributed by atoms with Gasteiger partial charge >= 0.3 is 0 Å². The fourth-order valence-corrected chi connectivity index (χ4v) is 1.19. The minimum atomic E-state index is -1.08. The van der Waals surface area contributed by atoms with Gasteiger partial charge in [-0.3, -0.25) is 5.32 Å². The fraction of sp³-hybridized carbons (Fsp3) is 0.778. The zero-order valence-corrected chi connectivity index (χ0v) is 9.51. The molecule has 0 spiro atoms. The highest BCUT2D eigenvalue weighted by Gasteiger charge is 2.27. The van der Waals surface area contributed by atoms with Crippen LogP contribution in [0.25, 0.3) is 0 Å². The molecule has 0 aliphatic carbocycles. The third-order valence-corrected chi connectivity index (χ3v) is 2.71. The topological polar surface area (TPSA) is 103 Å². The van der Waals surface area contributed by atoms with Gasteiger partial charge in [-0.15, -0.1) is 10.2 Å². The predicted molar refractivity (Wildman–Crippen MR) is 56.6 cm³/mol. The van der Waals surface area contributed by atoms with Crippen LogP contribution >= 0.6 is 0 Å². The Morgan fingerprint density at radius 1 is 1.19 bits per heavy atom. The lowest BCUT2D eigenvalue weighted by Crippen LogP contribution is -2.54. The van der Waals surface area contributed by atoms with Crippen molar-refractivity contribution in [2.75, 3.05) is 19.8 Å². The average molecular weight is 230 g/mol. The number of aliphatic hydroxyl groups excluding tert-OH is 3. The maximum absolute atomic E-state index is 9.10. The highest BCUT2D eigenvalue weighted by molar-refractivity contribution is 4.95. The molecule has 0 atom stereocenters. The summed E-state index contributed by atoms with van der Waals surface area (Å²) in [4.78, 5) is 0. The van der Waals surface area contributed by atoms with E-state index in [9.17, 15) is 0 Å². The van der Waals surface area contributed by atoms with E-state index in [0.29, 0.717) is 12.4 Å². The Morgan fingerprint density at radius 2 is 1.75 bits per heavy atom. The number of hydrogen-bond acceptors (Lipinski definition) is 6. The van der Waals surface area contributed by atoms with Gasteiger partial charge in [0.15, 0.2) is 0 Å². The molecule has 0 aliphatic heterocycles. The molecule has 0 saturated heterocycles. The molecule has 1 heterocycles. The minimum Gasteiger partial charge on any atom is -0.394 e. The van der Waals surface area contributed by atoms with Crippen molar-refractivity contribution in [3.8, 4) is 0 Å². The van der Waals surface area contributed by atoms with Gasteiger partial charge in [0, 0.05) is 7.05 Å². The molecule has 7 heteroatoms. The first-order valence-corrected chi connectivity index (χ1v) is 5.01. The average Bonchev–Trinajstić information content (AvgIpc) is 2.63. The van der Waals surface area contributed by atoms with E-state index in [1.54, 1.807) is 4.57 Å². The number of nitrogens with one attached hydrogen (secondary N) is 1. The van der Waals surface area contributed by atoms with Crippen molar-refractivity contribution in [2.24, 2.45) is 7.05 Å². The summed E-state index contributed by atoms with van der Waals surface area (Å²) in [6.07, 6.45) is 0. The van der Waals surface area contributed by atoms with E-state index in [1.165, 1.54) is 0 Å². The lowest BCUT2D eigenvalue weighted by molar-refractivity contribution is 0.0407. The maximum Gasteiger partial charge on any atom is 0.146 e. The monoisotopic (exact) mass is 230 g/mol. The van der Waals surface area contributed by atoms with Gasteiger partial charge in [0.1, 0.15) is 11.6 Å². The first-order valence-electron chi connectivity index (χ1n) is 5.01. The molecule has 7 nitrogen and oxygen atoms in total. The molecule has 0 unspecified atom stereocenters. The van der Waals surface area contributed by atoms with E-state index >= 15 is 0 Å². The van der Waals surface area contributed by atoms with Crippen LogP contribution in [0.4, 0.5) is 0 Å². The second-order valence-corrected chi connectivity index (χ2v) is 3.83. The number of aromatic nitrogens is 3. The Labute approximate surface area is 93.7 Å². The summed E-state index contributed by atoms with van der Waals surface area (Å²) in [5.41, 5.74) is -1.08. The summed E-state index contributed by atoms with van der Waals surface area (Å²) >= 11 is 0. The summed E-state index contributed by atoms with van der Waals surface area (Å²) in [6, 6.07) is 0. The predicted octanol–water partition coefficient (Wildman–Crippen LogP) is -2.07. The van der Waals surface area contributed by atoms with E-state index in [1.807, 2.05) is 14.0 Å². The van der Waals surface area contributed by atoms with Crippen LogP contribution in [0.1, 0.15) is 11.6 Å². The minimum absolute atomic E-state index is 0.318. The first kappa shape index (κ1) is 13.0. The standard InChI is InChI=1S/C9H18N4O3/c1-7-11-12-8(13(7)2)3-10-9(4-14,5-15)6-16/h10,14-16H,3-6H2,1-2H3. The van der Waals surface area contributed by atoms with Crippen LogP contribution in [0.3, 0.4) is 0 Å². The Balaban J connectivity index is 2.66. The fourth-order valence-electron chi connectivity index (χ4n) is 1.19. The van der Waals surface area contributed by atoms with Crippen LogP contribution in [-0.2, 0) is 13.6 Å². The van der Waals surface area contributed by atoms with Crippen LogP contribution in [0.2, 0.25) is 0 Å². The first-order chi connectivity index (χ1) is 7.58. The molecule has 1 rings (SSSR count). The van der Waals surface area contributed by atoms with Crippen molar-refractivity contribution < 1.29 is 15.3 Å². The molecule has 1 aromatic rings. The molecule has 92 valence electrons. The van der Waals surface area contributed by atoms with Gasteiger partial charge in [-0.2, -0.15) is 0 Å². The lowest BCUT2D eigenvalue weighted by Gasteiger charge is -2.28. The third kappa shape index (κ3) is 2.56. The molecule has 0 aliphatic rings. The van der Waals surface area contributed by atoms with Crippen molar-refractivity contribution in [1.82, 2.24) is 20.1 Å². The largest absolute Gasteiger partial charge is 0.394 e. The second-order valence-electron chi connectivity index (χ2n) is 3.83. The maximum atomic E-state index is 9.10. The van der Waals surface area contributed by atoms with Crippen molar-refractivity contribution in [3.05, 3.63) is 11.6 Å². The van der Waals surface area contributed by atoms with Crippen molar-refractivity contribution in [3.63, 3.8) is 0 Å². The number of hydrogen-bond donors (Lipinski definition) is 4. The Kier molecular flexibility index (Phi) is 4.36. The summed E-state index contributed by atoms with van der Waals surface area (Å²) < 4.78 is 1.80. The van der Waals surface area contributed by atoms with Crippen molar-refractivity contribution >= 4 is 0 Å². The van der Waals surface area contributed by atoms with Gasteiger partial charge in [0.25, 0.3) is 0 Å². The van der Waals surface area contributed by atoms with Gasteiger partial charge in [0.2, 0.25) is 0 Å². The van der Waals surface area contributed by atoms with Crippen LogP contribution in [0, 0.1) is 6.92 Å². The van der Waals surface area contributed by atoms with Crippen LogP contribution in [0.15, 0.2) is 0 Å². The number of aliphatic hydroxyl groups is 3. The molecule has 0 amide bonds. The molecule has 4 N–H and O–H groups in total. The molecule has 0 bridgehead atoms. The van der Waals surface area contributed by atoms with Crippen molar-refractivity contribution in [1.29, 1.82) is 0 Å². The smallest absolute Gasteiger partial charge is 0.146 e. The highest BCUT2D eigenvalue weighted by atomic mass is 16.3. The molecule has 1 aromatic heterocycles. The summed E-state index contributed by atoms with van der Waals surface area (Å²) in [7, 11) is 1.82. The molecule has 0 saturated carbocycles. The van der Waals surface area contributed by atoms with Gasteiger partial charge in [-0.25, -0.2) is 0 Å². The highest BCUT2D eigenvalue weighted by Crippen LogP contribution is 2.04. The van der Waals surface area contributed by atoms with E-state index < -0.39 is 5.54 Å². The number of aryl methyl sites for hydroxylation is 1. The molecule has 0 aromatic carbocycles. The number of nitrogens with zero attached hydrogens (tertiary/aromatic N) is 3. The van der Waals surface area contributed by atoms with Gasteiger partial charge < -0.3 is 19.9 Å². The van der Waals surface area contributed by atoms with E-state index in [0.717, 1.165) is 5.82 Å². The Hall–Kier alpha value is -1.02. The third-order valence-electron chi connectivity index (χ3n) is 2.71. The zero-order valence-electron chi connectivity index (χ0n) is 9.51. The summed E-state index contributed by atoms with van der Waals surface area (Å²) in [5.74, 6) is 1.46. The van der Waals surface area contributed by atoms with Gasteiger partial charge in [-0.05, 0) is 6.92 Å². The molecule has 0 radical (unpaired) electrons. The SMILES string of the molecule is Cc1nnc(CNC(CO)(CO)CO)n1C. The molecular weight excluding hydrogens is 212 g/mol. The number of rotatable bonds is 6.